The van der Waals surface area contributed by atoms with Gasteiger partial charge in [0.15, 0.2) is 0 Å². The van der Waals surface area contributed by atoms with Crippen LogP contribution in [0.3, 0.4) is 0 Å². The largest absolute Gasteiger partial charge is 0.488 e. The van der Waals surface area contributed by atoms with Gasteiger partial charge in [-0.1, -0.05) is 46.8 Å². The van der Waals surface area contributed by atoms with Crippen molar-refractivity contribution >= 4 is 27.5 Å². The van der Waals surface area contributed by atoms with Crippen molar-refractivity contribution in [2.75, 3.05) is 0 Å². The van der Waals surface area contributed by atoms with Gasteiger partial charge in [0, 0.05) is 22.4 Å². The van der Waals surface area contributed by atoms with Crippen LogP contribution in [-0.4, -0.2) is 12.1 Å². The van der Waals surface area contributed by atoms with Crippen LogP contribution in [0.1, 0.15) is 38.5 Å². The summed E-state index contributed by atoms with van der Waals surface area (Å²) >= 11 is 9.67. The lowest BCUT2D eigenvalue weighted by molar-refractivity contribution is -0.0898. The summed E-state index contributed by atoms with van der Waals surface area (Å²) in [5.74, 6) is 0.776. The SMILES string of the molecule is NC1CC(Oc2cc(Br)ccc2Cl)C12CCCCC2. The van der Waals surface area contributed by atoms with Crippen LogP contribution >= 0.6 is 27.5 Å². The quantitative estimate of drug-likeness (QED) is 0.855. The highest BCUT2D eigenvalue weighted by Crippen LogP contribution is 2.52. The van der Waals surface area contributed by atoms with E-state index in [1.807, 2.05) is 18.2 Å². The predicted molar refractivity (Wildman–Crippen MR) is 81.7 cm³/mol. The van der Waals surface area contributed by atoms with Gasteiger partial charge >= 0.3 is 0 Å². The Morgan fingerprint density at radius 1 is 1.26 bits per heavy atom. The van der Waals surface area contributed by atoms with E-state index in [0.717, 1.165) is 16.6 Å². The first-order chi connectivity index (χ1) is 9.12. The average Bonchev–Trinajstić information content (AvgIpc) is 2.43. The standard InChI is InChI=1S/C15H19BrClNO/c16-10-4-5-11(17)12(8-10)19-14-9-13(18)15(14)6-2-1-3-7-15/h4-5,8,13-14H,1-3,6-7,9,18H2. The summed E-state index contributed by atoms with van der Waals surface area (Å²) < 4.78 is 7.18. The van der Waals surface area contributed by atoms with Gasteiger partial charge in [-0.3, -0.25) is 0 Å². The lowest BCUT2D eigenvalue weighted by atomic mass is 9.55. The molecule has 0 heterocycles. The molecule has 0 amide bonds. The van der Waals surface area contributed by atoms with E-state index in [0.29, 0.717) is 11.1 Å². The topological polar surface area (TPSA) is 35.2 Å². The van der Waals surface area contributed by atoms with Gasteiger partial charge in [-0.15, -0.1) is 0 Å². The minimum atomic E-state index is 0.198. The molecule has 1 aromatic carbocycles. The second-order valence-corrected chi connectivity index (χ2v) is 7.14. The fraction of sp³-hybridized carbons (Fsp3) is 0.600. The normalized spacial score (nSPS) is 29.0. The molecule has 3 rings (SSSR count). The molecule has 2 unspecified atom stereocenters. The Labute approximate surface area is 127 Å². The van der Waals surface area contributed by atoms with Gasteiger partial charge in [0.1, 0.15) is 11.9 Å². The molecule has 0 bridgehead atoms. The highest BCUT2D eigenvalue weighted by atomic mass is 79.9. The number of nitrogens with two attached hydrogens (primary N) is 1. The van der Waals surface area contributed by atoms with E-state index < -0.39 is 0 Å². The van der Waals surface area contributed by atoms with Crippen molar-refractivity contribution in [3.8, 4) is 5.75 Å². The molecule has 0 aromatic heterocycles. The number of hydrogen-bond donors (Lipinski definition) is 1. The fourth-order valence-corrected chi connectivity index (χ4v) is 4.07. The monoisotopic (exact) mass is 343 g/mol. The molecular weight excluding hydrogens is 326 g/mol. The summed E-state index contributed by atoms with van der Waals surface area (Å²) in [5.41, 5.74) is 6.48. The summed E-state index contributed by atoms with van der Waals surface area (Å²) in [4.78, 5) is 0. The van der Waals surface area contributed by atoms with E-state index in [2.05, 4.69) is 15.9 Å². The maximum atomic E-state index is 6.28. The molecule has 104 valence electrons. The predicted octanol–water partition coefficient (Wildman–Crippen LogP) is 4.53. The maximum Gasteiger partial charge on any atom is 0.139 e. The van der Waals surface area contributed by atoms with Crippen molar-refractivity contribution in [3.05, 3.63) is 27.7 Å². The molecule has 1 aromatic rings. The van der Waals surface area contributed by atoms with Crippen molar-refractivity contribution < 1.29 is 4.74 Å². The second-order valence-electron chi connectivity index (χ2n) is 5.82. The first kappa shape index (κ1) is 13.7. The summed E-state index contributed by atoms with van der Waals surface area (Å²) in [6.07, 6.45) is 7.46. The van der Waals surface area contributed by atoms with Gasteiger partial charge in [0.25, 0.3) is 0 Å². The van der Waals surface area contributed by atoms with Crippen LogP contribution in [-0.2, 0) is 0 Å². The van der Waals surface area contributed by atoms with Gasteiger partial charge in [0.2, 0.25) is 0 Å². The van der Waals surface area contributed by atoms with Gasteiger partial charge < -0.3 is 10.5 Å². The van der Waals surface area contributed by atoms with Crippen LogP contribution in [0.4, 0.5) is 0 Å². The van der Waals surface area contributed by atoms with Crippen LogP contribution in [0.15, 0.2) is 22.7 Å². The number of rotatable bonds is 2. The third-order valence-electron chi connectivity index (χ3n) is 4.79. The van der Waals surface area contributed by atoms with E-state index >= 15 is 0 Å². The molecule has 1 spiro atoms. The zero-order chi connectivity index (χ0) is 13.5. The van der Waals surface area contributed by atoms with Crippen molar-refractivity contribution in [2.45, 2.75) is 50.7 Å². The Morgan fingerprint density at radius 2 is 2.00 bits per heavy atom. The smallest absolute Gasteiger partial charge is 0.139 e. The van der Waals surface area contributed by atoms with E-state index in [1.165, 1.54) is 32.1 Å². The Kier molecular flexibility index (Phi) is 3.80. The van der Waals surface area contributed by atoms with E-state index in [4.69, 9.17) is 22.1 Å². The van der Waals surface area contributed by atoms with Gasteiger partial charge in [-0.2, -0.15) is 0 Å². The van der Waals surface area contributed by atoms with Gasteiger partial charge in [0.05, 0.1) is 5.02 Å². The summed E-state index contributed by atoms with van der Waals surface area (Å²) in [6.45, 7) is 0. The van der Waals surface area contributed by atoms with Crippen LogP contribution in [0, 0.1) is 5.41 Å². The summed E-state index contributed by atoms with van der Waals surface area (Å²) in [5, 5.41) is 0.676. The fourth-order valence-electron chi connectivity index (χ4n) is 3.57. The van der Waals surface area contributed by atoms with E-state index in [1.54, 1.807) is 0 Å². The third kappa shape index (κ3) is 2.41. The minimum Gasteiger partial charge on any atom is -0.488 e. The molecule has 2 N–H and O–H groups in total. The number of benzene rings is 1. The lowest BCUT2D eigenvalue weighted by Crippen LogP contribution is -2.64. The van der Waals surface area contributed by atoms with Crippen molar-refractivity contribution in [1.82, 2.24) is 0 Å². The molecule has 0 saturated heterocycles. The number of hydrogen-bond acceptors (Lipinski definition) is 2. The Bertz CT molecular complexity index is 473. The van der Waals surface area contributed by atoms with Crippen LogP contribution in [0.2, 0.25) is 5.02 Å². The zero-order valence-corrected chi connectivity index (χ0v) is 13.2. The van der Waals surface area contributed by atoms with Crippen molar-refractivity contribution in [3.63, 3.8) is 0 Å². The molecular formula is C15H19BrClNO. The Morgan fingerprint density at radius 3 is 2.68 bits per heavy atom. The molecule has 2 nitrogen and oxygen atoms in total. The van der Waals surface area contributed by atoms with Gasteiger partial charge in [-0.25, -0.2) is 0 Å². The Balaban J connectivity index is 1.78. The molecule has 0 radical (unpaired) electrons. The van der Waals surface area contributed by atoms with Crippen LogP contribution < -0.4 is 10.5 Å². The molecule has 2 fully saturated rings. The molecule has 2 aliphatic carbocycles. The molecule has 19 heavy (non-hydrogen) atoms. The van der Waals surface area contributed by atoms with Crippen molar-refractivity contribution in [1.29, 1.82) is 0 Å². The molecule has 2 saturated carbocycles. The average molecular weight is 345 g/mol. The van der Waals surface area contributed by atoms with Gasteiger partial charge in [-0.05, 0) is 31.0 Å². The van der Waals surface area contributed by atoms with Crippen molar-refractivity contribution in [2.24, 2.45) is 11.1 Å². The van der Waals surface area contributed by atoms with Crippen LogP contribution in [0.25, 0.3) is 0 Å². The minimum absolute atomic E-state index is 0.198. The first-order valence-electron chi connectivity index (χ1n) is 6.99. The highest BCUT2D eigenvalue weighted by molar-refractivity contribution is 9.10. The second kappa shape index (κ2) is 5.27. The highest BCUT2D eigenvalue weighted by Gasteiger charge is 2.55. The summed E-state index contributed by atoms with van der Waals surface area (Å²) in [6, 6.07) is 6.04. The van der Waals surface area contributed by atoms with E-state index in [-0.39, 0.29) is 11.5 Å². The maximum absolute atomic E-state index is 6.28. The number of halogens is 2. The first-order valence-corrected chi connectivity index (χ1v) is 8.16. The molecule has 2 atom stereocenters. The number of ether oxygens (including phenoxy) is 1. The Hall–Kier alpha value is -0.250. The van der Waals surface area contributed by atoms with Crippen LogP contribution in [0.5, 0.6) is 5.75 Å². The molecule has 2 aliphatic rings. The third-order valence-corrected chi connectivity index (χ3v) is 5.60. The summed E-state index contributed by atoms with van der Waals surface area (Å²) in [7, 11) is 0. The van der Waals surface area contributed by atoms with E-state index in [9.17, 15) is 0 Å². The lowest BCUT2D eigenvalue weighted by Gasteiger charge is -2.56. The molecule has 0 aliphatic heterocycles. The zero-order valence-electron chi connectivity index (χ0n) is 10.9. The molecule has 4 heteroatoms.